The van der Waals surface area contributed by atoms with Gasteiger partial charge in [0, 0.05) is 57.1 Å². The van der Waals surface area contributed by atoms with Crippen molar-refractivity contribution in [2.24, 2.45) is 22.2 Å². The van der Waals surface area contributed by atoms with Crippen LogP contribution in [0.3, 0.4) is 0 Å². The maximum absolute atomic E-state index is 12.3. The number of carbonyl (C=O) groups excluding carboxylic acids is 1. The zero-order valence-corrected chi connectivity index (χ0v) is 19.8. The van der Waals surface area contributed by atoms with Crippen molar-refractivity contribution >= 4 is 35.8 Å². The summed E-state index contributed by atoms with van der Waals surface area (Å²) in [5, 5.41) is 7.26. The third-order valence-corrected chi connectivity index (χ3v) is 6.65. The van der Waals surface area contributed by atoms with Crippen LogP contribution in [0.15, 0.2) is 4.99 Å². The average molecular weight is 492 g/mol. The first kappa shape index (κ1) is 22.7. The molecule has 2 saturated carbocycles. The maximum atomic E-state index is 12.3. The number of nitrogens with one attached hydrogen (secondary N) is 2. The lowest BCUT2D eigenvalue weighted by Crippen LogP contribution is -2.71. The van der Waals surface area contributed by atoms with Gasteiger partial charge in [-0.15, -0.1) is 24.0 Å². The van der Waals surface area contributed by atoms with Crippen molar-refractivity contribution in [3.8, 4) is 0 Å². The summed E-state index contributed by atoms with van der Waals surface area (Å²) < 4.78 is 6.01. The zero-order chi connectivity index (χ0) is 18.9. The monoisotopic (exact) mass is 492 g/mol. The second kappa shape index (κ2) is 9.29. The van der Waals surface area contributed by atoms with E-state index in [1.165, 1.54) is 6.42 Å². The molecule has 0 bridgehead atoms. The van der Waals surface area contributed by atoms with Gasteiger partial charge in [-0.1, -0.05) is 20.3 Å². The van der Waals surface area contributed by atoms with Gasteiger partial charge in [0.1, 0.15) is 0 Å². The number of hydrogen-bond donors (Lipinski definition) is 2. The van der Waals surface area contributed by atoms with E-state index in [-0.39, 0.29) is 41.2 Å². The van der Waals surface area contributed by atoms with Gasteiger partial charge in [0.05, 0.1) is 6.10 Å². The van der Waals surface area contributed by atoms with Crippen molar-refractivity contribution < 1.29 is 9.53 Å². The number of guanidine groups is 1. The van der Waals surface area contributed by atoms with Crippen molar-refractivity contribution in [2.75, 3.05) is 27.7 Å². The Balaban J connectivity index is 0.00000261. The van der Waals surface area contributed by atoms with Crippen LogP contribution < -0.4 is 10.6 Å². The van der Waals surface area contributed by atoms with Gasteiger partial charge < -0.3 is 20.3 Å². The van der Waals surface area contributed by atoms with E-state index >= 15 is 0 Å². The van der Waals surface area contributed by atoms with E-state index in [9.17, 15) is 4.79 Å². The fraction of sp³-hybridized carbons (Fsp3) is 0.900. The van der Waals surface area contributed by atoms with Crippen molar-refractivity contribution in [1.82, 2.24) is 15.5 Å². The van der Waals surface area contributed by atoms with Crippen molar-refractivity contribution in [3.63, 3.8) is 0 Å². The van der Waals surface area contributed by atoms with Crippen LogP contribution >= 0.6 is 24.0 Å². The molecule has 1 heterocycles. The van der Waals surface area contributed by atoms with Crippen LogP contribution in [0.5, 0.6) is 0 Å². The molecule has 1 amide bonds. The van der Waals surface area contributed by atoms with Crippen LogP contribution in [-0.2, 0) is 9.53 Å². The van der Waals surface area contributed by atoms with Gasteiger partial charge >= 0.3 is 0 Å². The molecule has 0 aromatic carbocycles. The maximum Gasteiger partial charge on any atom is 0.225 e. The highest BCUT2D eigenvalue weighted by atomic mass is 127. The molecule has 0 aromatic heterocycles. The molecule has 3 rings (SSSR count). The van der Waals surface area contributed by atoms with Crippen LogP contribution in [0.2, 0.25) is 0 Å². The fourth-order valence-electron chi connectivity index (χ4n) is 5.24. The number of carbonyl (C=O) groups is 1. The number of aliphatic imine (C=N–C) groups is 1. The summed E-state index contributed by atoms with van der Waals surface area (Å²) in [5.74, 6) is 1.83. The molecule has 0 radical (unpaired) electrons. The topological polar surface area (TPSA) is 66.0 Å². The molecule has 3 fully saturated rings. The predicted molar refractivity (Wildman–Crippen MR) is 120 cm³/mol. The summed E-state index contributed by atoms with van der Waals surface area (Å²) in [6, 6.07) is 0.701. The summed E-state index contributed by atoms with van der Waals surface area (Å²) >= 11 is 0. The first-order valence-electron chi connectivity index (χ1n) is 10.2. The number of hydrogen-bond acceptors (Lipinski definition) is 3. The van der Waals surface area contributed by atoms with Gasteiger partial charge in [-0.05, 0) is 32.1 Å². The van der Waals surface area contributed by atoms with Gasteiger partial charge in [-0.25, -0.2) is 0 Å². The molecule has 7 heteroatoms. The quantitative estimate of drug-likeness (QED) is 0.361. The SMILES string of the molecule is CN=C(NC1CCCC(C(=O)N(C)C)C1)NC1C2CCCOC2C1(C)C.I. The van der Waals surface area contributed by atoms with E-state index in [1.54, 1.807) is 4.90 Å². The van der Waals surface area contributed by atoms with Gasteiger partial charge in [0.2, 0.25) is 5.91 Å². The van der Waals surface area contributed by atoms with Crippen LogP contribution in [0.1, 0.15) is 52.4 Å². The number of halogens is 1. The van der Waals surface area contributed by atoms with Gasteiger partial charge in [0.25, 0.3) is 0 Å². The third kappa shape index (κ3) is 4.71. The molecule has 5 atom stereocenters. The summed E-state index contributed by atoms with van der Waals surface area (Å²) in [4.78, 5) is 18.5. The minimum absolute atomic E-state index is 0. The molecule has 27 heavy (non-hydrogen) atoms. The minimum Gasteiger partial charge on any atom is -0.377 e. The molecule has 2 N–H and O–H groups in total. The van der Waals surface area contributed by atoms with Gasteiger partial charge in [-0.2, -0.15) is 0 Å². The largest absolute Gasteiger partial charge is 0.377 e. The molecular weight excluding hydrogens is 455 g/mol. The molecule has 156 valence electrons. The Hall–Kier alpha value is -0.570. The Kier molecular flexibility index (Phi) is 7.81. The standard InChI is InChI=1S/C20H36N4O2.HI/c1-20(2)16(15-10-7-11-26-17(15)20)23-19(21-3)22-14-9-6-8-13(12-14)18(25)24(4)5;/h13-17H,6-12H2,1-5H3,(H2,21,22,23);1H. The second-order valence-electron chi connectivity index (χ2n) is 9.05. The molecule has 0 aromatic rings. The highest BCUT2D eigenvalue weighted by Gasteiger charge is 2.58. The highest BCUT2D eigenvalue weighted by Crippen LogP contribution is 2.51. The summed E-state index contributed by atoms with van der Waals surface area (Å²) in [5.41, 5.74) is 0.124. The molecule has 5 unspecified atom stereocenters. The molecule has 3 aliphatic rings. The lowest BCUT2D eigenvalue weighted by Gasteiger charge is -2.60. The van der Waals surface area contributed by atoms with Crippen LogP contribution in [0.4, 0.5) is 0 Å². The Morgan fingerprint density at radius 3 is 2.56 bits per heavy atom. The number of nitrogens with zero attached hydrogens (tertiary/aromatic N) is 2. The molecule has 6 nitrogen and oxygen atoms in total. The third-order valence-electron chi connectivity index (χ3n) is 6.65. The fourth-order valence-corrected chi connectivity index (χ4v) is 5.24. The molecule has 1 saturated heterocycles. The average Bonchev–Trinajstić information content (AvgIpc) is 2.64. The normalized spacial score (nSPS) is 35.1. The number of rotatable bonds is 3. The summed E-state index contributed by atoms with van der Waals surface area (Å²) in [7, 11) is 5.53. The van der Waals surface area contributed by atoms with Crippen molar-refractivity contribution in [2.45, 2.75) is 70.6 Å². The van der Waals surface area contributed by atoms with E-state index in [0.29, 0.717) is 24.1 Å². The van der Waals surface area contributed by atoms with Gasteiger partial charge in [-0.3, -0.25) is 9.79 Å². The Labute approximate surface area is 181 Å². The Morgan fingerprint density at radius 2 is 1.89 bits per heavy atom. The van der Waals surface area contributed by atoms with Crippen LogP contribution in [-0.4, -0.2) is 62.7 Å². The van der Waals surface area contributed by atoms with E-state index < -0.39 is 0 Å². The second-order valence-corrected chi connectivity index (χ2v) is 9.05. The molecule has 0 spiro atoms. The van der Waals surface area contributed by atoms with Crippen molar-refractivity contribution in [1.29, 1.82) is 0 Å². The van der Waals surface area contributed by atoms with E-state index in [2.05, 4.69) is 29.5 Å². The van der Waals surface area contributed by atoms with Crippen molar-refractivity contribution in [3.05, 3.63) is 0 Å². The Bertz CT molecular complexity index is 552. The van der Waals surface area contributed by atoms with E-state index in [1.807, 2.05) is 21.1 Å². The van der Waals surface area contributed by atoms with Crippen LogP contribution in [0, 0.1) is 17.3 Å². The minimum atomic E-state index is 0. The van der Waals surface area contributed by atoms with E-state index in [4.69, 9.17) is 4.74 Å². The van der Waals surface area contributed by atoms with E-state index in [0.717, 1.165) is 44.7 Å². The van der Waals surface area contributed by atoms with Gasteiger partial charge in [0.15, 0.2) is 5.96 Å². The summed E-state index contributed by atoms with van der Waals surface area (Å²) in [6.45, 7) is 5.47. The first-order chi connectivity index (χ1) is 12.3. The zero-order valence-electron chi connectivity index (χ0n) is 17.5. The van der Waals surface area contributed by atoms with Crippen LogP contribution in [0.25, 0.3) is 0 Å². The lowest BCUT2D eigenvalue weighted by molar-refractivity contribution is -0.188. The molecule has 2 aliphatic carbocycles. The number of ether oxygens (including phenoxy) is 1. The number of amides is 1. The number of fused-ring (bicyclic) bond motifs is 1. The summed E-state index contributed by atoms with van der Waals surface area (Å²) in [6.07, 6.45) is 6.82. The predicted octanol–water partition coefficient (Wildman–Crippen LogP) is 2.62. The first-order valence-corrected chi connectivity index (χ1v) is 10.2. The molecular formula is C20H37IN4O2. The molecule has 1 aliphatic heterocycles. The Morgan fingerprint density at radius 1 is 1.15 bits per heavy atom. The lowest BCUT2D eigenvalue weighted by atomic mass is 9.55. The smallest absolute Gasteiger partial charge is 0.225 e. The highest BCUT2D eigenvalue weighted by molar-refractivity contribution is 14.0.